The third-order valence-corrected chi connectivity index (χ3v) is 6.37. The van der Waals surface area contributed by atoms with Gasteiger partial charge in [0.2, 0.25) is 0 Å². The van der Waals surface area contributed by atoms with Crippen molar-refractivity contribution in [2.45, 2.75) is 57.4 Å². The summed E-state index contributed by atoms with van der Waals surface area (Å²) in [7, 11) is 1.55. The highest BCUT2D eigenvalue weighted by Crippen LogP contribution is 2.32. The van der Waals surface area contributed by atoms with E-state index in [1.54, 1.807) is 54.4 Å². The van der Waals surface area contributed by atoms with Gasteiger partial charge in [-0.2, -0.15) is 13.2 Å². The number of carbonyl (C=O) groups excluding carboxylic acids is 1. The molecule has 5 nitrogen and oxygen atoms in total. The average Bonchev–Trinajstić information content (AvgIpc) is 3.29. The molecule has 0 unspecified atom stereocenters. The molecule has 0 N–H and O–H groups in total. The summed E-state index contributed by atoms with van der Waals surface area (Å²) >= 11 is 0. The van der Waals surface area contributed by atoms with Crippen LogP contribution in [0.3, 0.4) is 0 Å². The van der Waals surface area contributed by atoms with Crippen LogP contribution >= 0.6 is 0 Å². The lowest BCUT2D eigenvalue weighted by atomic mass is 9.93. The Hall–Kier alpha value is -3.29. The lowest BCUT2D eigenvalue weighted by Crippen LogP contribution is -2.41. The van der Waals surface area contributed by atoms with Crippen molar-refractivity contribution < 1.29 is 22.7 Å². The van der Waals surface area contributed by atoms with Gasteiger partial charge in [-0.05, 0) is 42.7 Å². The lowest BCUT2D eigenvalue weighted by Gasteiger charge is -2.34. The minimum absolute atomic E-state index is 0.0247. The molecule has 1 aromatic heterocycles. The first kappa shape index (κ1) is 23.9. The van der Waals surface area contributed by atoms with Crippen LogP contribution in [0.4, 0.5) is 13.2 Å². The van der Waals surface area contributed by atoms with Crippen LogP contribution in [0.1, 0.15) is 59.4 Å². The van der Waals surface area contributed by atoms with Gasteiger partial charge in [-0.3, -0.25) is 4.79 Å². The van der Waals surface area contributed by atoms with E-state index in [4.69, 9.17) is 4.74 Å². The number of nitrogens with zero attached hydrogens (tertiary/aromatic N) is 3. The number of amides is 1. The van der Waals surface area contributed by atoms with Crippen molar-refractivity contribution in [2.24, 2.45) is 0 Å². The summed E-state index contributed by atoms with van der Waals surface area (Å²) in [6.45, 7) is 0.249. The molecule has 1 amide bonds. The van der Waals surface area contributed by atoms with Gasteiger partial charge in [0.1, 0.15) is 11.6 Å². The Bertz CT molecular complexity index is 1120. The van der Waals surface area contributed by atoms with Gasteiger partial charge >= 0.3 is 6.18 Å². The van der Waals surface area contributed by atoms with Crippen LogP contribution in [0.15, 0.2) is 60.9 Å². The highest BCUT2D eigenvalue weighted by atomic mass is 19.4. The Balaban J connectivity index is 1.62. The number of methoxy groups -OCH3 is 1. The van der Waals surface area contributed by atoms with Crippen molar-refractivity contribution in [2.75, 3.05) is 7.11 Å². The minimum atomic E-state index is -4.44. The second-order valence-electron chi connectivity index (χ2n) is 8.58. The molecule has 4 rings (SSSR count). The molecule has 8 heteroatoms. The van der Waals surface area contributed by atoms with E-state index in [0.717, 1.165) is 38.2 Å². The third-order valence-electron chi connectivity index (χ3n) is 6.37. The number of rotatable bonds is 7. The van der Waals surface area contributed by atoms with Crippen LogP contribution in [0.2, 0.25) is 0 Å². The van der Waals surface area contributed by atoms with E-state index >= 15 is 0 Å². The van der Waals surface area contributed by atoms with Crippen LogP contribution in [0.25, 0.3) is 0 Å². The number of halogens is 3. The van der Waals surface area contributed by atoms with Crippen LogP contribution in [0, 0.1) is 0 Å². The maximum atomic E-state index is 13.6. The monoisotopic (exact) mass is 471 g/mol. The molecule has 1 heterocycles. The summed E-state index contributed by atoms with van der Waals surface area (Å²) in [6, 6.07) is 12.6. The molecule has 1 saturated carbocycles. The molecule has 2 aromatic carbocycles. The minimum Gasteiger partial charge on any atom is -0.497 e. The largest absolute Gasteiger partial charge is 0.497 e. The summed E-state index contributed by atoms with van der Waals surface area (Å²) in [5.41, 5.74) is 0.0225. The Morgan fingerprint density at radius 2 is 1.88 bits per heavy atom. The van der Waals surface area contributed by atoms with Crippen molar-refractivity contribution in [3.8, 4) is 5.75 Å². The van der Waals surface area contributed by atoms with Crippen LogP contribution in [0.5, 0.6) is 5.75 Å². The highest BCUT2D eigenvalue weighted by molar-refractivity contribution is 5.94. The number of imidazole rings is 1. The molecule has 0 aliphatic heterocycles. The molecule has 0 atom stereocenters. The zero-order chi connectivity index (χ0) is 24.1. The van der Waals surface area contributed by atoms with E-state index in [1.165, 1.54) is 12.1 Å². The molecular formula is C26H28F3N3O2. The molecular weight excluding hydrogens is 443 g/mol. The molecule has 34 heavy (non-hydrogen) atoms. The predicted octanol–water partition coefficient (Wildman–Crippen LogP) is 5.93. The smallest absolute Gasteiger partial charge is 0.416 e. The summed E-state index contributed by atoms with van der Waals surface area (Å²) in [5.74, 6) is 1.02. The fraction of sp³-hybridized carbons (Fsp3) is 0.385. The summed E-state index contributed by atoms with van der Waals surface area (Å²) in [4.78, 5) is 19.8. The SMILES string of the molecule is COc1cccc(C(=O)N(Cc2nccn2Cc2ccccc2C(F)(F)F)C2CCCCC2)c1. The molecule has 0 bridgehead atoms. The predicted molar refractivity (Wildman–Crippen MR) is 123 cm³/mol. The number of alkyl halides is 3. The number of benzene rings is 2. The molecule has 1 aliphatic carbocycles. The second kappa shape index (κ2) is 10.3. The van der Waals surface area contributed by atoms with Crippen molar-refractivity contribution in [3.05, 3.63) is 83.4 Å². The Kier molecular flexibility index (Phi) is 7.24. The maximum Gasteiger partial charge on any atom is 0.416 e. The molecule has 1 fully saturated rings. The first-order chi connectivity index (χ1) is 16.4. The zero-order valence-corrected chi connectivity index (χ0v) is 19.1. The van der Waals surface area contributed by atoms with Gasteiger partial charge in [0.25, 0.3) is 5.91 Å². The zero-order valence-electron chi connectivity index (χ0n) is 19.1. The standard InChI is InChI=1S/C26H28F3N3O2/c1-34-22-12-7-9-19(16-22)25(33)32(21-10-3-2-4-11-21)18-24-30-14-15-31(24)17-20-8-5-6-13-23(20)26(27,28)29/h5-9,12-16,21H,2-4,10-11,17-18H2,1H3. The lowest BCUT2D eigenvalue weighted by molar-refractivity contribution is -0.138. The van der Waals surface area contributed by atoms with Gasteiger partial charge in [-0.1, -0.05) is 43.5 Å². The Labute approximate surface area is 197 Å². The average molecular weight is 472 g/mol. The first-order valence-electron chi connectivity index (χ1n) is 11.5. The molecule has 0 spiro atoms. The Morgan fingerprint density at radius 3 is 2.62 bits per heavy atom. The number of hydrogen-bond acceptors (Lipinski definition) is 3. The number of hydrogen-bond donors (Lipinski definition) is 0. The van der Waals surface area contributed by atoms with E-state index in [2.05, 4.69) is 4.98 Å². The quantitative estimate of drug-likeness (QED) is 0.429. The van der Waals surface area contributed by atoms with Crippen molar-refractivity contribution in [3.63, 3.8) is 0 Å². The number of aromatic nitrogens is 2. The van der Waals surface area contributed by atoms with Gasteiger partial charge in [-0.15, -0.1) is 0 Å². The van der Waals surface area contributed by atoms with E-state index in [9.17, 15) is 18.0 Å². The summed E-state index contributed by atoms with van der Waals surface area (Å²) in [5, 5.41) is 0. The van der Waals surface area contributed by atoms with Crippen LogP contribution in [-0.4, -0.2) is 33.5 Å². The number of ether oxygens (including phenoxy) is 1. The maximum absolute atomic E-state index is 13.6. The van der Waals surface area contributed by atoms with Crippen LogP contribution in [-0.2, 0) is 19.3 Å². The molecule has 1 aliphatic rings. The summed E-state index contributed by atoms with van der Waals surface area (Å²) in [6.07, 6.45) is 3.81. The molecule has 0 saturated heterocycles. The highest BCUT2D eigenvalue weighted by Gasteiger charge is 2.33. The Morgan fingerprint density at radius 1 is 1.12 bits per heavy atom. The third kappa shape index (κ3) is 5.43. The van der Waals surface area contributed by atoms with Gasteiger partial charge in [-0.25, -0.2) is 4.98 Å². The van der Waals surface area contributed by atoms with Gasteiger partial charge in [0.05, 0.1) is 19.2 Å². The van der Waals surface area contributed by atoms with Crippen molar-refractivity contribution >= 4 is 5.91 Å². The normalized spacial score (nSPS) is 14.7. The molecule has 3 aromatic rings. The fourth-order valence-electron chi connectivity index (χ4n) is 4.59. The van der Waals surface area contributed by atoms with E-state index in [-0.39, 0.29) is 30.6 Å². The van der Waals surface area contributed by atoms with E-state index in [0.29, 0.717) is 17.1 Å². The van der Waals surface area contributed by atoms with Crippen LogP contribution < -0.4 is 4.74 Å². The van der Waals surface area contributed by atoms with E-state index < -0.39 is 11.7 Å². The molecule has 0 radical (unpaired) electrons. The molecule has 180 valence electrons. The van der Waals surface area contributed by atoms with Gasteiger partial charge in [0, 0.05) is 30.5 Å². The van der Waals surface area contributed by atoms with Gasteiger partial charge < -0.3 is 14.2 Å². The van der Waals surface area contributed by atoms with Crippen molar-refractivity contribution in [1.29, 1.82) is 0 Å². The van der Waals surface area contributed by atoms with E-state index in [1.807, 2.05) is 4.90 Å². The first-order valence-corrected chi connectivity index (χ1v) is 11.5. The number of carbonyl (C=O) groups is 1. The second-order valence-corrected chi connectivity index (χ2v) is 8.58. The topological polar surface area (TPSA) is 47.4 Å². The van der Waals surface area contributed by atoms with Gasteiger partial charge in [0.15, 0.2) is 0 Å². The fourth-order valence-corrected chi connectivity index (χ4v) is 4.59. The summed E-state index contributed by atoms with van der Waals surface area (Å²) < 4.78 is 47.5. The van der Waals surface area contributed by atoms with Crippen molar-refractivity contribution in [1.82, 2.24) is 14.5 Å².